The van der Waals surface area contributed by atoms with E-state index in [0.29, 0.717) is 19.7 Å². The van der Waals surface area contributed by atoms with Crippen LogP contribution < -0.4 is 0 Å². The molecule has 0 bridgehead atoms. The van der Waals surface area contributed by atoms with Crippen molar-refractivity contribution in [2.45, 2.75) is 31.3 Å². The van der Waals surface area contributed by atoms with E-state index >= 15 is 0 Å². The number of carbonyl (C=O) groups is 5. The van der Waals surface area contributed by atoms with Crippen LogP contribution in [0, 0.1) is 0 Å². The number of piperidine rings is 1. The summed E-state index contributed by atoms with van der Waals surface area (Å²) >= 11 is 0. The zero-order valence-corrected chi connectivity index (χ0v) is 23.7. The fraction of sp³-hybridized carbons (Fsp3) is 0.414. The summed E-state index contributed by atoms with van der Waals surface area (Å²) in [5, 5.41) is 39.9. The number of carbonyl (C=O) groups excluding carboxylic acids is 1. The van der Waals surface area contributed by atoms with Crippen molar-refractivity contribution in [3.8, 4) is 11.1 Å². The smallest absolute Gasteiger partial charge is 0.414 e. The van der Waals surface area contributed by atoms with Crippen molar-refractivity contribution in [3.05, 3.63) is 59.7 Å². The first kappa shape index (κ1) is 36.7. The Bertz CT molecular complexity index is 1150. The van der Waals surface area contributed by atoms with E-state index in [4.69, 9.17) is 44.3 Å². The van der Waals surface area contributed by atoms with Crippen molar-refractivity contribution in [2.24, 2.45) is 0 Å². The molecule has 7 N–H and O–H groups in total. The maximum absolute atomic E-state index is 12.9. The molecule has 0 radical (unpaired) electrons. The number of aliphatic hydroxyl groups is 1. The molecule has 1 fully saturated rings. The predicted octanol–water partition coefficient (Wildman–Crippen LogP) is 0.607. The van der Waals surface area contributed by atoms with Gasteiger partial charge in [-0.25, -0.2) is 19.2 Å². The second kappa shape index (κ2) is 18.2. The SMILES string of the molecule is CN(CCOC(=O)C1c2ccccc2-c2ccccc21)CC(O)CN1CCCCC1.O.O=C(O)C(=O)O.O=C(O)C(=O)O. The molecule has 1 aliphatic carbocycles. The topological polar surface area (TPSA) is 234 Å². The van der Waals surface area contributed by atoms with E-state index in [2.05, 4.69) is 17.0 Å². The van der Waals surface area contributed by atoms with Crippen LogP contribution in [0.3, 0.4) is 0 Å². The van der Waals surface area contributed by atoms with Crippen LogP contribution in [0.4, 0.5) is 0 Å². The Morgan fingerprint density at radius 2 is 1.26 bits per heavy atom. The molecule has 1 atom stereocenters. The summed E-state index contributed by atoms with van der Waals surface area (Å²) in [4.78, 5) is 53.7. The van der Waals surface area contributed by atoms with Crippen molar-refractivity contribution in [3.63, 3.8) is 0 Å². The molecule has 0 spiro atoms. The van der Waals surface area contributed by atoms with E-state index in [0.717, 1.165) is 41.9 Å². The Morgan fingerprint density at radius 3 is 1.70 bits per heavy atom. The zero-order chi connectivity index (χ0) is 31.2. The molecule has 14 heteroatoms. The Kier molecular flexibility index (Phi) is 15.5. The van der Waals surface area contributed by atoms with Crippen LogP contribution in [-0.4, -0.2) is 123 Å². The average molecular weight is 607 g/mol. The summed E-state index contributed by atoms with van der Waals surface area (Å²) in [6.07, 6.45) is 3.38. The minimum Gasteiger partial charge on any atom is -0.473 e. The van der Waals surface area contributed by atoms with Gasteiger partial charge in [0.1, 0.15) is 12.5 Å². The van der Waals surface area contributed by atoms with Gasteiger partial charge in [0, 0.05) is 19.6 Å². The number of aliphatic hydroxyl groups excluding tert-OH is 1. The highest BCUT2D eigenvalue weighted by Gasteiger charge is 2.34. The lowest BCUT2D eigenvalue weighted by Gasteiger charge is -2.30. The third-order valence-corrected chi connectivity index (χ3v) is 6.59. The highest BCUT2D eigenvalue weighted by Crippen LogP contribution is 2.44. The summed E-state index contributed by atoms with van der Waals surface area (Å²) in [5.74, 6) is -7.85. The van der Waals surface area contributed by atoms with Gasteiger partial charge in [0.05, 0.1) is 6.10 Å². The zero-order valence-electron chi connectivity index (χ0n) is 23.7. The van der Waals surface area contributed by atoms with Crippen molar-refractivity contribution >= 4 is 29.8 Å². The number of ether oxygens (including phenoxy) is 1. The maximum Gasteiger partial charge on any atom is 0.414 e. The maximum atomic E-state index is 12.9. The number of carboxylic acid groups (broad SMARTS) is 4. The number of aliphatic carboxylic acids is 4. The first-order valence-corrected chi connectivity index (χ1v) is 13.3. The summed E-state index contributed by atoms with van der Waals surface area (Å²) in [7, 11) is 1.97. The molecule has 2 aliphatic rings. The number of β-amino-alcohol motifs (C(OH)–C–C–N with tert-alkyl or cyclic N) is 1. The van der Waals surface area contributed by atoms with Crippen molar-refractivity contribution in [2.75, 3.05) is 46.4 Å². The molecule has 1 saturated heterocycles. The summed E-state index contributed by atoms with van der Waals surface area (Å²) in [6.45, 7) is 4.42. The van der Waals surface area contributed by atoms with E-state index in [1.165, 1.54) is 19.3 Å². The van der Waals surface area contributed by atoms with Crippen molar-refractivity contribution < 1.29 is 59.7 Å². The molecule has 1 unspecified atom stereocenters. The number of likely N-dealkylation sites (tertiary alicyclic amines) is 1. The third kappa shape index (κ3) is 11.8. The van der Waals surface area contributed by atoms with Gasteiger partial charge in [-0.2, -0.15) is 0 Å². The lowest BCUT2D eigenvalue weighted by Crippen LogP contribution is -2.41. The highest BCUT2D eigenvalue weighted by molar-refractivity contribution is 6.27. The van der Waals surface area contributed by atoms with Gasteiger partial charge < -0.3 is 45.5 Å². The monoisotopic (exact) mass is 606 g/mol. The summed E-state index contributed by atoms with van der Waals surface area (Å²) < 4.78 is 5.67. The predicted molar refractivity (Wildman–Crippen MR) is 153 cm³/mol. The fourth-order valence-electron chi connectivity index (χ4n) is 4.74. The number of fused-ring (bicyclic) bond motifs is 3. The molecule has 0 saturated carbocycles. The second-order valence-electron chi connectivity index (χ2n) is 9.77. The van der Waals surface area contributed by atoms with Crippen LogP contribution in [0.15, 0.2) is 48.5 Å². The van der Waals surface area contributed by atoms with E-state index in [1.807, 2.05) is 48.3 Å². The van der Waals surface area contributed by atoms with Gasteiger partial charge in [-0.05, 0) is 55.2 Å². The van der Waals surface area contributed by atoms with E-state index in [1.54, 1.807) is 0 Å². The minimum atomic E-state index is -1.82. The Hall–Kier alpha value is -4.37. The first-order valence-electron chi connectivity index (χ1n) is 13.3. The number of likely N-dealkylation sites (N-methyl/N-ethyl adjacent to an activating group) is 1. The van der Waals surface area contributed by atoms with Gasteiger partial charge in [0.2, 0.25) is 0 Å². The Labute approximate surface area is 248 Å². The summed E-state index contributed by atoms with van der Waals surface area (Å²) in [6, 6.07) is 16.1. The molecule has 2 aromatic rings. The lowest BCUT2D eigenvalue weighted by molar-refractivity contribution is -0.159. The fourth-order valence-corrected chi connectivity index (χ4v) is 4.74. The molecule has 1 aliphatic heterocycles. The number of rotatable bonds is 8. The number of carboxylic acids is 4. The lowest BCUT2D eigenvalue weighted by atomic mass is 9.97. The number of hydrogen-bond acceptors (Lipinski definition) is 9. The minimum absolute atomic E-state index is 0. The van der Waals surface area contributed by atoms with Gasteiger partial charge in [0.15, 0.2) is 0 Å². The molecule has 0 amide bonds. The molecule has 236 valence electrons. The van der Waals surface area contributed by atoms with Gasteiger partial charge in [-0.15, -0.1) is 0 Å². The third-order valence-electron chi connectivity index (χ3n) is 6.59. The molecule has 0 aromatic heterocycles. The Morgan fingerprint density at radius 1 is 0.814 bits per heavy atom. The molecular weight excluding hydrogens is 568 g/mol. The molecule has 4 rings (SSSR count). The van der Waals surface area contributed by atoms with Crippen LogP contribution >= 0.6 is 0 Å². The van der Waals surface area contributed by atoms with Crippen LogP contribution in [0.2, 0.25) is 0 Å². The quantitative estimate of drug-likeness (QED) is 0.205. The molecule has 2 aromatic carbocycles. The van der Waals surface area contributed by atoms with Gasteiger partial charge in [0.25, 0.3) is 0 Å². The standard InChI is InChI=1S/C25H32N2O3.2C2H2O4.H2O/c1-26(17-19(28)18-27-13-7-2-8-14-27)15-16-30-25(29)24-22-11-5-3-9-20(22)21-10-4-6-12-23(21)24;2*3-1(4)2(5)6;/h3-6,9-12,19,24,28H,2,7-8,13-18H2,1H3;2*(H,3,4)(H,5,6);1H2. The summed E-state index contributed by atoms with van der Waals surface area (Å²) in [5.41, 5.74) is 4.28. The number of benzene rings is 2. The molecule has 14 nitrogen and oxygen atoms in total. The average Bonchev–Trinajstić information content (AvgIpc) is 3.28. The van der Waals surface area contributed by atoms with Crippen molar-refractivity contribution in [1.82, 2.24) is 9.80 Å². The number of hydrogen-bond donors (Lipinski definition) is 5. The molecular formula is C29H38N2O12. The van der Waals surface area contributed by atoms with Crippen LogP contribution in [0.25, 0.3) is 11.1 Å². The van der Waals surface area contributed by atoms with E-state index in [-0.39, 0.29) is 23.5 Å². The van der Waals surface area contributed by atoms with E-state index < -0.39 is 23.9 Å². The van der Waals surface area contributed by atoms with Gasteiger partial charge in [-0.3, -0.25) is 4.79 Å². The van der Waals surface area contributed by atoms with Crippen LogP contribution in [0.1, 0.15) is 36.3 Å². The van der Waals surface area contributed by atoms with Gasteiger partial charge >= 0.3 is 29.8 Å². The van der Waals surface area contributed by atoms with Crippen molar-refractivity contribution in [1.29, 1.82) is 0 Å². The normalized spacial score (nSPS) is 14.3. The number of nitrogens with zero attached hydrogens (tertiary/aromatic N) is 2. The molecule has 43 heavy (non-hydrogen) atoms. The van der Waals surface area contributed by atoms with Gasteiger partial charge in [-0.1, -0.05) is 55.0 Å². The first-order chi connectivity index (χ1) is 19.9. The second-order valence-corrected chi connectivity index (χ2v) is 9.77. The highest BCUT2D eigenvalue weighted by atomic mass is 16.5. The number of esters is 1. The van der Waals surface area contributed by atoms with Crippen LogP contribution in [-0.2, 0) is 28.7 Å². The molecule has 1 heterocycles. The van der Waals surface area contributed by atoms with E-state index in [9.17, 15) is 9.90 Å². The largest absolute Gasteiger partial charge is 0.473 e. The van der Waals surface area contributed by atoms with Crippen LogP contribution in [0.5, 0.6) is 0 Å². The Balaban J connectivity index is 0.000000604.